The van der Waals surface area contributed by atoms with Crippen LogP contribution in [-0.2, 0) is 16.4 Å². The number of piperazine rings is 1. The van der Waals surface area contributed by atoms with Crippen LogP contribution in [-0.4, -0.2) is 79.8 Å². The number of hydrogen-bond acceptors (Lipinski definition) is 8. The summed E-state index contributed by atoms with van der Waals surface area (Å²) >= 11 is 0. The van der Waals surface area contributed by atoms with E-state index in [1.807, 2.05) is 24.5 Å². The van der Waals surface area contributed by atoms with Crippen LogP contribution in [0.5, 0.6) is 5.75 Å². The maximum Gasteiger partial charge on any atom is 0.225 e. The molecule has 4 heterocycles. The summed E-state index contributed by atoms with van der Waals surface area (Å²) in [5.74, 6) is 2.95. The fourth-order valence-electron chi connectivity index (χ4n) is 4.10. The molecule has 0 unspecified atom stereocenters. The number of pyridine rings is 1. The van der Waals surface area contributed by atoms with E-state index in [4.69, 9.17) is 4.74 Å². The first-order valence-electron chi connectivity index (χ1n) is 11.3. The lowest BCUT2D eigenvalue weighted by atomic mass is 9.98. The van der Waals surface area contributed by atoms with Gasteiger partial charge in [-0.05, 0) is 42.9 Å². The van der Waals surface area contributed by atoms with Crippen LogP contribution >= 0.6 is 0 Å². The van der Waals surface area contributed by atoms with Gasteiger partial charge in [-0.25, -0.2) is 23.4 Å². The van der Waals surface area contributed by atoms with Gasteiger partial charge in [-0.2, -0.15) is 4.31 Å². The zero-order valence-electron chi connectivity index (χ0n) is 18.9. The average Bonchev–Trinajstić information content (AvgIpc) is 2.83. The van der Waals surface area contributed by atoms with Crippen LogP contribution in [0.1, 0.15) is 25.3 Å². The SMILES string of the molecule is CCc1cnc(N2CCC(COc3ccc(N4CCN(S(C)(=O)=O)CC4)nc3)CC2)nc1. The van der Waals surface area contributed by atoms with Crippen molar-refractivity contribution in [3.8, 4) is 5.75 Å². The molecule has 0 bridgehead atoms. The van der Waals surface area contributed by atoms with Crippen molar-refractivity contribution in [3.05, 3.63) is 36.3 Å². The highest BCUT2D eigenvalue weighted by Gasteiger charge is 2.24. The van der Waals surface area contributed by atoms with E-state index in [1.165, 1.54) is 10.6 Å². The number of aryl methyl sites for hydroxylation is 1. The van der Waals surface area contributed by atoms with Crippen molar-refractivity contribution in [1.82, 2.24) is 19.3 Å². The molecular formula is C22H32N6O3S. The molecular weight excluding hydrogens is 428 g/mol. The summed E-state index contributed by atoms with van der Waals surface area (Å²) in [6.45, 7) is 6.93. The second-order valence-corrected chi connectivity index (χ2v) is 10.5. The third kappa shape index (κ3) is 5.66. The van der Waals surface area contributed by atoms with Gasteiger partial charge in [-0.1, -0.05) is 6.92 Å². The first-order chi connectivity index (χ1) is 15.4. The summed E-state index contributed by atoms with van der Waals surface area (Å²) in [4.78, 5) is 17.9. The van der Waals surface area contributed by atoms with Crippen molar-refractivity contribution in [2.45, 2.75) is 26.2 Å². The first kappa shape index (κ1) is 22.7. The summed E-state index contributed by atoms with van der Waals surface area (Å²) in [6.07, 6.45) is 9.91. The van der Waals surface area contributed by atoms with Crippen molar-refractivity contribution in [2.24, 2.45) is 5.92 Å². The molecule has 2 aliphatic rings. The van der Waals surface area contributed by atoms with Crippen LogP contribution in [0.2, 0.25) is 0 Å². The molecule has 174 valence electrons. The number of aromatic nitrogens is 3. The summed E-state index contributed by atoms with van der Waals surface area (Å²) in [7, 11) is -3.12. The highest BCUT2D eigenvalue weighted by atomic mass is 32.2. The Hall–Kier alpha value is -2.46. The smallest absolute Gasteiger partial charge is 0.225 e. The average molecular weight is 461 g/mol. The molecule has 9 nitrogen and oxygen atoms in total. The van der Waals surface area contributed by atoms with Crippen molar-refractivity contribution in [1.29, 1.82) is 0 Å². The van der Waals surface area contributed by atoms with E-state index >= 15 is 0 Å². The number of ether oxygens (including phenoxy) is 1. The van der Waals surface area contributed by atoms with E-state index in [0.29, 0.717) is 38.7 Å². The lowest BCUT2D eigenvalue weighted by molar-refractivity contribution is 0.222. The predicted octanol–water partition coefficient (Wildman–Crippen LogP) is 1.81. The Morgan fingerprint density at radius 2 is 1.62 bits per heavy atom. The van der Waals surface area contributed by atoms with Gasteiger partial charge < -0.3 is 14.5 Å². The van der Waals surface area contributed by atoms with Crippen molar-refractivity contribution < 1.29 is 13.2 Å². The second kappa shape index (κ2) is 9.99. The molecule has 32 heavy (non-hydrogen) atoms. The maximum atomic E-state index is 11.7. The molecule has 0 aliphatic carbocycles. The Labute approximate surface area is 190 Å². The largest absolute Gasteiger partial charge is 0.492 e. The van der Waals surface area contributed by atoms with E-state index in [0.717, 1.165) is 55.4 Å². The predicted molar refractivity (Wildman–Crippen MR) is 125 cm³/mol. The van der Waals surface area contributed by atoms with Crippen LogP contribution in [0.15, 0.2) is 30.7 Å². The number of sulfonamides is 1. The van der Waals surface area contributed by atoms with E-state index in [9.17, 15) is 8.42 Å². The molecule has 0 spiro atoms. The monoisotopic (exact) mass is 460 g/mol. The van der Waals surface area contributed by atoms with E-state index < -0.39 is 10.0 Å². The topological polar surface area (TPSA) is 91.8 Å². The van der Waals surface area contributed by atoms with Gasteiger partial charge in [-0.15, -0.1) is 0 Å². The molecule has 0 amide bonds. The van der Waals surface area contributed by atoms with E-state index in [-0.39, 0.29) is 0 Å². The van der Waals surface area contributed by atoms with Crippen molar-refractivity contribution in [3.63, 3.8) is 0 Å². The first-order valence-corrected chi connectivity index (χ1v) is 13.1. The minimum Gasteiger partial charge on any atom is -0.492 e. The van der Waals surface area contributed by atoms with Gasteiger partial charge in [0.25, 0.3) is 0 Å². The van der Waals surface area contributed by atoms with Crippen LogP contribution in [0.4, 0.5) is 11.8 Å². The molecule has 10 heteroatoms. The summed E-state index contributed by atoms with van der Waals surface area (Å²) in [6, 6.07) is 3.90. The zero-order valence-corrected chi connectivity index (χ0v) is 19.7. The number of anilines is 2. The number of nitrogens with zero attached hydrogens (tertiary/aromatic N) is 6. The standard InChI is InChI=1S/C22H32N6O3S/c1-3-18-14-24-22(25-15-18)27-8-6-19(7-9-27)17-31-20-4-5-21(23-16-20)26-10-12-28(13-11-26)32(2,29)30/h4-5,14-16,19H,3,6-13,17H2,1-2H3. The minimum atomic E-state index is -3.12. The maximum absolute atomic E-state index is 11.7. The lowest BCUT2D eigenvalue weighted by Gasteiger charge is -2.34. The summed E-state index contributed by atoms with van der Waals surface area (Å²) in [5.41, 5.74) is 1.16. The van der Waals surface area contributed by atoms with Crippen LogP contribution in [0, 0.1) is 5.92 Å². The van der Waals surface area contributed by atoms with Gasteiger partial charge >= 0.3 is 0 Å². The second-order valence-electron chi connectivity index (χ2n) is 8.49. The Bertz CT molecular complexity index is 968. The number of hydrogen-bond donors (Lipinski definition) is 0. The van der Waals surface area contributed by atoms with Crippen LogP contribution in [0.25, 0.3) is 0 Å². The Morgan fingerprint density at radius 3 is 2.19 bits per heavy atom. The highest BCUT2D eigenvalue weighted by molar-refractivity contribution is 7.88. The molecule has 0 radical (unpaired) electrons. The van der Waals surface area contributed by atoms with Crippen LogP contribution in [0.3, 0.4) is 0 Å². The Balaban J connectivity index is 1.21. The highest BCUT2D eigenvalue weighted by Crippen LogP contribution is 2.23. The Morgan fingerprint density at radius 1 is 0.938 bits per heavy atom. The van der Waals surface area contributed by atoms with Crippen LogP contribution < -0.4 is 14.5 Å². The van der Waals surface area contributed by atoms with Crippen molar-refractivity contribution in [2.75, 3.05) is 61.9 Å². The quantitative estimate of drug-likeness (QED) is 0.618. The third-order valence-corrected chi connectivity index (χ3v) is 7.54. The molecule has 2 aromatic heterocycles. The Kier molecular flexibility index (Phi) is 7.10. The molecule has 0 aromatic carbocycles. The van der Waals surface area contributed by atoms with Gasteiger partial charge in [0.1, 0.15) is 11.6 Å². The normalized spacial score (nSPS) is 18.7. The fourth-order valence-corrected chi connectivity index (χ4v) is 4.93. The molecule has 2 aromatic rings. The minimum absolute atomic E-state index is 0.491. The van der Waals surface area contributed by atoms with E-state index in [1.54, 1.807) is 6.20 Å². The van der Waals surface area contributed by atoms with Gasteiger partial charge in [0, 0.05) is 51.7 Å². The molecule has 0 N–H and O–H groups in total. The molecule has 2 saturated heterocycles. The van der Waals surface area contributed by atoms with Gasteiger partial charge in [-0.3, -0.25) is 0 Å². The number of piperidine rings is 1. The summed E-state index contributed by atoms with van der Waals surface area (Å²) in [5, 5.41) is 0. The molecule has 4 rings (SSSR count). The summed E-state index contributed by atoms with van der Waals surface area (Å²) < 4.78 is 30.8. The lowest BCUT2D eigenvalue weighted by Crippen LogP contribution is -2.48. The van der Waals surface area contributed by atoms with Gasteiger partial charge in [0.15, 0.2) is 0 Å². The fraction of sp³-hybridized carbons (Fsp3) is 0.591. The van der Waals surface area contributed by atoms with Gasteiger partial charge in [0.05, 0.1) is 19.1 Å². The van der Waals surface area contributed by atoms with Crippen molar-refractivity contribution >= 4 is 21.8 Å². The molecule has 2 fully saturated rings. The molecule has 0 atom stereocenters. The van der Waals surface area contributed by atoms with Gasteiger partial charge in [0.2, 0.25) is 16.0 Å². The molecule has 2 aliphatic heterocycles. The molecule has 0 saturated carbocycles. The third-order valence-electron chi connectivity index (χ3n) is 6.24. The van der Waals surface area contributed by atoms with E-state index in [2.05, 4.69) is 31.7 Å². The number of rotatable bonds is 7. The zero-order chi connectivity index (χ0) is 22.6.